The lowest BCUT2D eigenvalue weighted by Crippen LogP contribution is -2.40. The lowest BCUT2D eigenvalue weighted by Gasteiger charge is -2.36. The fraction of sp³-hybridized carbons (Fsp3) is 0.474. The minimum atomic E-state index is -4.89. The molecular formula is C38H41FN12O12P2. The smallest absolute Gasteiger partial charge is 0.351 e. The molecule has 6 unspecified atom stereocenters. The quantitative estimate of drug-likeness (QED) is 0.113. The second kappa shape index (κ2) is 18.6. The van der Waals surface area contributed by atoms with Crippen molar-refractivity contribution in [1.29, 1.82) is 10.5 Å². The van der Waals surface area contributed by atoms with Gasteiger partial charge in [0, 0.05) is 17.9 Å². The number of hydrogen-bond donors (Lipinski definition) is 3. The van der Waals surface area contributed by atoms with E-state index in [4.69, 9.17) is 32.1 Å². The van der Waals surface area contributed by atoms with Crippen molar-refractivity contribution in [2.24, 2.45) is 5.92 Å². The van der Waals surface area contributed by atoms with Crippen LogP contribution in [-0.2, 0) is 46.0 Å². The maximum atomic E-state index is 17.0. The Balaban J connectivity index is 1.14. The van der Waals surface area contributed by atoms with E-state index < -0.39 is 101 Å². The average Bonchev–Trinajstić information content (AvgIpc) is 4.07. The number of nitrogens with zero attached hydrogens (tertiary/aromatic N) is 9. The predicted octanol–water partition coefficient (Wildman–Crippen LogP) is 4.68. The number of amides is 2. The molecule has 4 aromatic heterocycles. The fourth-order valence-corrected chi connectivity index (χ4v) is 11.0. The molecule has 7 heterocycles. The number of halogens is 1. The van der Waals surface area contributed by atoms with Crippen LogP contribution in [0.3, 0.4) is 0 Å². The van der Waals surface area contributed by atoms with Crippen LogP contribution < -0.4 is 16.2 Å². The Morgan fingerprint density at radius 2 is 1.69 bits per heavy atom. The number of aromatic nitrogens is 8. The number of phosphoric ester groups is 1. The normalized spacial score (nSPS) is 29.1. The number of hydrogen-bond acceptors (Lipinski definition) is 19. The number of nitriles is 2. The van der Waals surface area contributed by atoms with Gasteiger partial charge in [-0.2, -0.15) is 15.5 Å². The molecule has 27 heteroatoms. The van der Waals surface area contributed by atoms with Gasteiger partial charge >= 0.3 is 15.4 Å². The Morgan fingerprint density at radius 1 is 0.969 bits per heavy atom. The van der Waals surface area contributed by atoms with Crippen molar-refractivity contribution >= 4 is 61.3 Å². The number of ether oxygens (including phenoxy) is 2. The number of aromatic amines is 1. The highest BCUT2D eigenvalue weighted by Crippen LogP contribution is 2.68. The third-order valence-corrected chi connectivity index (χ3v) is 15.1. The zero-order valence-corrected chi connectivity index (χ0v) is 36.6. The largest absolute Gasteiger partial charge is 0.475 e. The monoisotopic (exact) mass is 938 g/mol. The van der Waals surface area contributed by atoms with E-state index in [2.05, 4.69) is 40.5 Å². The molecule has 3 fully saturated rings. The van der Waals surface area contributed by atoms with Crippen LogP contribution in [0.4, 0.5) is 16.2 Å². The van der Waals surface area contributed by atoms with Crippen LogP contribution in [0, 0.1) is 28.6 Å². The molecule has 24 nitrogen and oxygen atoms in total. The van der Waals surface area contributed by atoms with Crippen molar-refractivity contribution in [3.63, 3.8) is 0 Å². The van der Waals surface area contributed by atoms with Gasteiger partial charge in [-0.05, 0) is 19.1 Å². The predicted molar refractivity (Wildman–Crippen MR) is 221 cm³/mol. The summed E-state index contributed by atoms with van der Waals surface area (Å²) in [6, 6.07) is 12.1. The number of alkyl halides is 1. The molecule has 342 valence electrons. The molecule has 8 rings (SSSR count). The molecular weight excluding hydrogens is 897 g/mol. The lowest BCUT2D eigenvalue weighted by molar-refractivity contribution is -0.118. The summed E-state index contributed by atoms with van der Waals surface area (Å²) in [7, 11) is -9.48. The van der Waals surface area contributed by atoms with Gasteiger partial charge in [-0.1, -0.05) is 32.0 Å². The second-order valence-corrected chi connectivity index (χ2v) is 19.6. The Labute approximate surface area is 367 Å². The number of H-pyrrole nitrogens is 1. The van der Waals surface area contributed by atoms with Crippen LogP contribution in [-0.4, -0.2) is 107 Å². The van der Waals surface area contributed by atoms with E-state index in [-0.39, 0.29) is 60.0 Å². The average molecular weight is 939 g/mol. The molecule has 3 saturated heterocycles. The summed E-state index contributed by atoms with van der Waals surface area (Å²) in [6.45, 7) is 2.51. The highest BCUT2D eigenvalue weighted by molar-refractivity contribution is 7.55. The first-order valence-electron chi connectivity index (χ1n) is 20.1. The number of phosphoric acid groups is 1. The van der Waals surface area contributed by atoms with Gasteiger partial charge in [0.15, 0.2) is 40.5 Å². The number of fused-ring (bicyclic) bond motifs is 4. The number of carbonyl (C=O) groups is 2. The number of anilines is 2. The topological polar surface area (TPSA) is 312 Å². The molecule has 65 heavy (non-hydrogen) atoms. The summed E-state index contributed by atoms with van der Waals surface area (Å²) >= 11 is 0. The molecule has 0 bridgehead atoms. The summed E-state index contributed by atoms with van der Waals surface area (Å²) in [5, 5.41) is 22.1. The molecule has 3 N–H and O–H groups in total. The van der Waals surface area contributed by atoms with E-state index in [1.54, 1.807) is 44.2 Å². The molecule has 5 aromatic rings. The molecule has 0 saturated carbocycles. The number of rotatable bonds is 12. The number of carbonyl (C=O) groups excluding carboxylic acids is 2. The maximum absolute atomic E-state index is 17.0. The summed E-state index contributed by atoms with van der Waals surface area (Å²) < 4.78 is 91.5. The van der Waals surface area contributed by atoms with E-state index in [9.17, 15) is 29.5 Å². The maximum Gasteiger partial charge on any atom is 0.475 e. The first-order valence-corrected chi connectivity index (χ1v) is 23.1. The third-order valence-electron chi connectivity index (χ3n) is 10.9. The molecule has 0 radical (unpaired) electrons. The molecule has 1 aromatic carbocycles. The van der Waals surface area contributed by atoms with Crippen molar-refractivity contribution in [2.45, 2.75) is 82.1 Å². The van der Waals surface area contributed by atoms with E-state index >= 15 is 8.96 Å². The number of imidazole rings is 2. The third kappa shape index (κ3) is 8.95. The van der Waals surface area contributed by atoms with Crippen molar-refractivity contribution in [3.05, 3.63) is 65.2 Å². The van der Waals surface area contributed by atoms with Crippen molar-refractivity contribution in [1.82, 2.24) is 39.0 Å². The van der Waals surface area contributed by atoms with Crippen molar-refractivity contribution in [2.75, 3.05) is 37.1 Å². The zero-order chi connectivity index (χ0) is 46.1. The molecule has 9 atom stereocenters. The first-order chi connectivity index (χ1) is 31.2. The van der Waals surface area contributed by atoms with E-state index in [0.29, 0.717) is 5.56 Å². The fourth-order valence-electron chi connectivity index (χ4n) is 7.40. The number of nitrogens with one attached hydrogen (secondary N) is 3. The summed E-state index contributed by atoms with van der Waals surface area (Å²) in [4.78, 5) is 62.3. The zero-order valence-electron chi connectivity index (χ0n) is 34.8. The standard InChI is InChI=1S/C38H41FN12O12P2/c1-21(2)33(52)48-37-47-32-28(35(54)49-37)45-19-50(32)25-15-38(3)24(62-25)17-60-65(56,58-14-8-12-41)63-29-23(16-59-64(38,55)57-13-7-11-40)61-36(26(29)39)51-20-44-27-30(42-18-43-31(27)51)46-34(53)22-9-5-4-6-10-22/h4-6,9-10,18-21,23-26,29,36H,7-8,13-17H2,1-3H3,(H,42,43,46,53)(H2,47,48,49,52,54)/t23?,24?,25?,26-,29-,36?,38-,64?,65?/m1/s1. The molecule has 0 aliphatic carbocycles. The van der Waals surface area contributed by atoms with Crippen LogP contribution in [0.1, 0.15) is 62.8 Å². The highest BCUT2D eigenvalue weighted by atomic mass is 31.2. The van der Waals surface area contributed by atoms with Crippen LogP contribution in [0.15, 0.2) is 54.1 Å². The van der Waals surface area contributed by atoms with E-state index in [1.165, 1.54) is 28.7 Å². The van der Waals surface area contributed by atoms with Crippen LogP contribution >= 0.6 is 15.4 Å². The number of benzene rings is 1. The van der Waals surface area contributed by atoms with Gasteiger partial charge in [0.25, 0.3) is 11.5 Å². The SMILES string of the molecule is CC(C)C(=O)Nc1nc2c(ncn2C2C[C@]3(C)C(COP(=O)(OCCC#N)O[C@@H]4C(COP3(=O)OCCC#N)OC(n3cnc5c(NC(=O)c6ccccc6)ncnc53)[C@@H]4F)O2)c(=O)[nH]1. The Kier molecular flexibility index (Phi) is 13.1. The summed E-state index contributed by atoms with van der Waals surface area (Å²) in [6.07, 6.45) is -6.80. The van der Waals surface area contributed by atoms with E-state index in [0.717, 1.165) is 6.33 Å². The minimum absolute atomic E-state index is 0.00887. The first kappa shape index (κ1) is 45.7. The van der Waals surface area contributed by atoms with Gasteiger partial charge in [0.2, 0.25) is 11.9 Å². The van der Waals surface area contributed by atoms with Gasteiger partial charge in [-0.3, -0.25) is 52.0 Å². The lowest BCUT2D eigenvalue weighted by atomic mass is 10.0. The molecule has 3 aliphatic heterocycles. The van der Waals surface area contributed by atoms with Gasteiger partial charge < -0.3 is 23.8 Å². The Hall–Kier alpha value is -5.85. The van der Waals surface area contributed by atoms with Crippen molar-refractivity contribution < 1.29 is 55.2 Å². The van der Waals surface area contributed by atoms with E-state index in [1.807, 2.05) is 12.1 Å². The molecule has 2 amide bonds. The minimum Gasteiger partial charge on any atom is -0.351 e. The van der Waals surface area contributed by atoms with Crippen LogP contribution in [0.2, 0.25) is 0 Å². The Morgan fingerprint density at radius 3 is 2.43 bits per heavy atom. The van der Waals surface area contributed by atoms with Crippen LogP contribution in [0.5, 0.6) is 0 Å². The van der Waals surface area contributed by atoms with Gasteiger partial charge in [-0.25, -0.2) is 28.9 Å². The second-order valence-electron chi connectivity index (χ2n) is 15.5. The van der Waals surface area contributed by atoms with Gasteiger partial charge in [-0.15, -0.1) is 0 Å². The van der Waals surface area contributed by atoms with Crippen molar-refractivity contribution in [3.8, 4) is 12.1 Å². The summed E-state index contributed by atoms with van der Waals surface area (Å²) in [5.41, 5.74) is -0.399. The van der Waals surface area contributed by atoms with Gasteiger partial charge in [0.1, 0.15) is 36.0 Å². The van der Waals surface area contributed by atoms with Gasteiger partial charge in [0.05, 0.1) is 64.1 Å². The molecule has 0 spiro atoms. The summed E-state index contributed by atoms with van der Waals surface area (Å²) in [5.74, 6) is -1.54. The highest BCUT2D eigenvalue weighted by Gasteiger charge is 2.62. The van der Waals surface area contributed by atoms with Crippen LogP contribution in [0.25, 0.3) is 22.3 Å². The Bertz CT molecular complexity index is 2850. The molecule has 3 aliphatic rings.